The van der Waals surface area contributed by atoms with Crippen molar-refractivity contribution in [2.24, 2.45) is 0 Å². The lowest BCUT2D eigenvalue weighted by molar-refractivity contribution is 0.686. The highest BCUT2D eigenvalue weighted by Crippen LogP contribution is 2.09. The van der Waals surface area contributed by atoms with Gasteiger partial charge in [0.1, 0.15) is 5.82 Å². The molecule has 0 saturated heterocycles. The summed E-state index contributed by atoms with van der Waals surface area (Å²) in [5.41, 5.74) is 1.20. The smallest absolute Gasteiger partial charge is 0.126 e. The number of halogens is 1. The third-order valence-electron chi connectivity index (χ3n) is 2.13. The van der Waals surface area contributed by atoms with Gasteiger partial charge in [-0.15, -0.1) is 0 Å². The summed E-state index contributed by atoms with van der Waals surface area (Å²) in [4.78, 5) is 4.23. The molecule has 16 heavy (non-hydrogen) atoms. The molecule has 0 amide bonds. The Morgan fingerprint density at radius 1 is 1.50 bits per heavy atom. The minimum absolute atomic E-state index is 0.782. The van der Waals surface area contributed by atoms with Crippen LogP contribution in [0.3, 0.4) is 0 Å². The summed E-state index contributed by atoms with van der Waals surface area (Å²) in [5, 5.41) is 7.45. The number of hydrogen-bond donors (Lipinski definition) is 1. The van der Waals surface area contributed by atoms with Crippen LogP contribution < -0.4 is 5.32 Å². The molecule has 2 aromatic rings. The molecule has 0 atom stereocenters. The van der Waals surface area contributed by atoms with Crippen LogP contribution in [0.5, 0.6) is 0 Å². The maximum Gasteiger partial charge on any atom is 0.126 e. The van der Waals surface area contributed by atoms with Gasteiger partial charge in [-0.1, -0.05) is 0 Å². The van der Waals surface area contributed by atoms with Gasteiger partial charge in [0.25, 0.3) is 0 Å². The molecule has 84 valence electrons. The highest BCUT2D eigenvalue weighted by molar-refractivity contribution is 14.1. The molecule has 5 heteroatoms. The Kier molecular flexibility index (Phi) is 3.76. The van der Waals surface area contributed by atoms with Gasteiger partial charge in [0.15, 0.2) is 0 Å². The van der Waals surface area contributed by atoms with E-state index in [1.165, 1.54) is 5.56 Å². The van der Waals surface area contributed by atoms with E-state index in [1.807, 2.05) is 29.3 Å². The molecule has 0 aromatic carbocycles. The topological polar surface area (TPSA) is 42.7 Å². The average molecular weight is 328 g/mol. The molecule has 2 rings (SSSR count). The summed E-state index contributed by atoms with van der Waals surface area (Å²) in [7, 11) is 0. The minimum atomic E-state index is 0.782. The SMILES string of the molecule is CCNc1cc(Cn2cc(I)cn2)ccn1. The third-order valence-corrected chi connectivity index (χ3v) is 2.69. The zero-order valence-electron chi connectivity index (χ0n) is 9.02. The quantitative estimate of drug-likeness (QED) is 0.877. The zero-order valence-corrected chi connectivity index (χ0v) is 11.2. The van der Waals surface area contributed by atoms with E-state index in [1.54, 1.807) is 0 Å². The Morgan fingerprint density at radius 2 is 2.38 bits per heavy atom. The second-order valence-electron chi connectivity index (χ2n) is 3.44. The van der Waals surface area contributed by atoms with Crippen LogP contribution in [-0.2, 0) is 6.54 Å². The van der Waals surface area contributed by atoms with E-state index < -0.39 is 0 Å². The molecule has 0 radical (unpaired) electrons. The van der Waals surface area contributed by atoms with Crippen molar-refractivity contribution in [3.8, 4) is 0 Å². The average Bonchev–Trinajstić information content (AvgIpc) is 2.65. The number of hydrogen-bond acceptors (Lipinski definition) is 3. The van der Waals surface area contributed by atoms with Crippen LogP contribution >= 0.6 is 22.6 Å². The van der Waals surface area contributed by atoms with Crippen molar-refractivity contribution < 1.29 is 0 Å². The van der Waals surface area contributed by atoms with Crippen molar-refractivity contribution in [3.63, 3.8) is 0 Å². The molecule has 0 spiro atoms. The van der Waals surface area contributed by atoms with E-state index in [4.69, 9.17) is 0 Å². The summed E-state index contributed by atoms with van der Waals surface area (Å²) in [5.74, 6) is 0.918. The van der Waals surface area contributed by atoms with Crippen LogP contribution in [0.2, 0.25) is 0 Å². The molecule has 2 heterocycles. The Morgan fingerprint density at radius 3 is 3.06 bits per heavy atom. The number of rotatable bonds is 4. The van der Waals surface area contributed by atoms with Crippen molar-refractivity contribution in [1.29, 1.82) is 0 Å². The normalized spacial score (nSPS) is 10.4. The fourth-order valence-corrected chi connectivity index (χ4v) is 1.91. The van der Waals surface area contributed by atoms with Crippen molar-refractivity contribution in [3.05, 3.63) is 39.9 Å². The second kappa shape index (κ2) is 5.29. The van der Waals surface area contributed by atoms with E-state index in [2.05, 4.69) is 51.0 Å². The first-order chi connectivity index (χ1) is 7.78. The van der Waals surface area contributed by atoms with Crippen LogP contribution in [0.25, 0.3) is 0 Å². The Labute approximate surface area is 108 Å². The molecule has 1 N–H and O–H groups in total. The van der Waals surface area contributed by atoms with Gasteiger partial charge in [0.2, 0.25) is 0 Å². The van der Waals surface area contributed by atoms with Crippen LogP contribution in [0.4, 0.5) is 5.82 Å². The number of nitrogens with one attached hydrogen (secondary N) is 1. The van der Waals surface area contributed by atoms with Crippen molar-refractivity contribution in [1.82, 2.24) is 14.8 Å². The van der Waals surface area contributed by atoms with Gasteiger partial charge in [-0.05, 0) is 47.2 Å². The van der Waals surface area contributed by atoms with E-state index >= 15 is 0 Å². The van der Waals surface area contributed by atoms with Gasteiger partial charge in [-0.3, -0.25) is 4.68 Å². The summed E-state index contributed by atoms with van der Waals surface area (Å²) in [6, 6.07) is 4.06. The maximum absolute atomic E-state index is 4.26. The van der Waals surface area contributed by atoms with E-state index in [-0.39, 0.29) is 0 Å². The van der Waals surface area contributed by atoms with Gasteiger partial charge in [-0.2, -0.15) is 5.10 Å². The van der Waals surface area contributed by atoms with Gasteiger partial charge >= 0.3 is 0 Å². The van der Waals surface area contributed by atoms with Gasteiger partial charge in [0.05, 0.1) is 16.3 Å². The van der Waals surface area contributed by atoms with Crippen LogP contribution in [0.15, 0.2) is 30.7 Å². The first-order valence-electron chi connectivity index (χ1n) is 5.14. The Balaban J connectivity index is 2.12. The number of aromatic nitrogens is 3. The number of anilines is 1. The third kappa shape index (κ3) is 2.94. The summed E-state index contributed by atoms with van der Waals surface area (Å²) in [6.45, 7) is 3.73. The van der Waals surface area contributed by atoms with Gasteiger partial charge in [-0.25, -0.2) is 4.98 Å². The van der Waals surface area contributed by atoms with Crippen molar-refractivity contribution in [2.75, 3.05) is 11.9 Å². The standard InChI is InChI=1S/C11H13IN4/c1-2-13-11-5-9(3-4-14-11)7-16-8-10(12)6-15-16/h3-6,8H,2,7H2,1H3,(H,13,14). The van der Waals surface area contributed by atoms with Crippen LogP contribution in [0.1, 0.15) is 12.5 Å². The Hall–Kier alpha value is -1.11. The Bertz CT molecular complexity index is 467. The molecule has 4 nitrogen and oxygen atoms in total. The molecule has 0 bridgehead atoms. The highest BCUT2D eigenvalue weighted by atomic mass is 127. The van der Waals surface area contributed by atoms with Crippen molar-refractivity contribution in [2.45, 2.75) is 13.5 Å². The van der Waals surface area contributed by atoms with Gasteiger partial charge < -0.3 is 5.32 Å². The molecule has 0 aliphatic rings. The second-order valence-corrected chi connectivity index (χ2v) is 4.68. The molecule has 0 fully saturated rings. The molecule has 2 aromatic heterocycles. The minimum Gasteiger partial charge on any atom is -0.370 e. The molecule has 0 unspecified atom stereocenters. The summed E-state index contributed by atoms with van der Waals surface area (Å²) >= 11 is 2.26. The lowest BCUT2D eigenvalue weighted by Crippen LogP contribution is -2.03. The fourth-order valence-electron chi connectivity index (χ4n) is 1.46. The zero-order chi connectivity index (χ0) is 11.4. The van der Waals surface area contributed by atoms with Crippen LogP contribution in [-0.4, -0.2) is 21.3 Å². The van der Waals surface area contributed by atoms with E-state index in [0.717, 1.165) is 22.5 Å². The van der Waals surface area contributed by atoms with Crippen LogP contribution in [0, 0.1) is 3.57 Å². The lowest BCUT2D eigenvalue weighted by Gasteiger charge is -2.05. The van der Waals surface area contributed by atoms with E-state index in [0.29, 0.717) is 0 Å². The van der Waals surface area contributed by atoms with Crippen molar-refractivity contribution >= 4 is 28.4 Å². The molecular weight excluding hydrogens is 315 g/mol. The monoisotopic (exact) mass is 328 g/mol. The maximum atomic E-state index is 4.26. The molecular formula is C11H13IN4. The highest BCUT2D eigenvalue weighted by Gasteiger charge is 1.99. The first kappa shape index (κ1) is 11.4. The number of pyridine rings is 1. The largest absolute Gasteiger partial charge is 0.370 e. The fraction of sp³-hybridized carbons (Fsp3) is 0.273. The molecule has 0 aliphatic carbocycles. The predicted octanol–water partition coefficient (Wildman–Crippen LogP) is 2.36. The predicted molar refractivity (Wildman–Crippen MR) is 72.4 cm³/mol. The lowest BCUT2D eigenvalue weighted by atomic mass is 10.2. The summed E-state index contributed by atoms with van der Waals surface area (Å²) in [6.07, 6.45) is 5.70. The molecule has 0 saturated carbocycles. The number of nitrogens with zero attached hydrogens (tertiary/aromatic N) is 3. The van der Waals surface area contributed by atoms with Gasteiger partial charge in [0, 0.05) is 18.9 Å². The van der Waals surface area contributed by atoms with E-state index in [9.17, 15) is 0 Å². The molecule has 0 aliphatic heterocycles. The summed E-state index contributed by atoms with van der Waals surface area (Å²) < 4.78 is 3.07. The first-order valence-corrected chi connectivity index (χ1v) is 6.22.